The quantitative estimate of drug-likeness (QED) is 0.696. The van der Waals surface area contributed by atoms with Crippen molar-refractivity contribution in [2.45, 2.75) is 64.5 Å². The van der Waals surface area contributed by atoms with E-state index in [-0.39, 0.29) is 23.8 Å². The van der Waals surface area contributed by atoms with Crippen LogP contribution >= 0.6 is 0 Å². The van der Waals surface area contributed by atoms with Gasteiger partial charge < -0.3 is 15.8 Å². The van der Waals surface area contributed by atoms with Crippen molar-refractivity contribution in [3.8, 4) is 0 Å². The van der Waals surface area contributed by atoms with Crippen molar-refractivity contribution in [1.82, 2.24) is 5.32 Å². The van der Waals surface area contributed by atoms with Crippen LogP contribution in [0.15, 0.2) is 0 Å². The summed E-state index contributed by atoms with van der Waals surface area (Å²) in [5.74, 6) is 0.126. The van der Waals surface area contributed by atoms with E-state index in [9.17, 15) is 9.59 Å². The molecule has 0 spiro atoms. The molecule has 20 heavy (non-hydrogen) atoms. The van der Waals surface area contributed by atoms with E-state index < -0.39 is 5.54 Å². The molecule has 0 radical (unpaired) electrons. The smallest absolute Gasteiger partial charge is 0.308 e. The average molecular weight is 284 g/mol. The molecule has 1 aliphatic rings. The van der Waals surface area contributed by atoms with Gasteiger partial charge in [-0.15, -0.1) is 0 Å². The third-order valence-electron chi connectivity index (χ3n) is 4.63. The summed E-state index contributed by atoms with van der Waals surface area (Å²) in [6.07, 6.45) is 4.21. The van der Waals surface area contributed by atoms with E-state index >= 15 is 0 Å². The normalized spacial score (nSPS) is 26.8. The van der Waals surface area contributed by atoms with Crippen molar-refractivity contribution in [1.29, 1.82) is 0 Å². The molecule has 5 heteroatoms. The highest BCUT2D eigenvalue weighted by molar-refractivity contribution is 5.77. The van der Waals surface area contributed by atoms with E-state index in [0.717, 1.165) is 19.3 Å². The van der Waals surface area contributed by atoms with E-state index in [2.05, 4.69) is 19.2 Å². The minimum atomic E-state index is -0.437. The van der Waals surface area contributed by atoms with Gasteiger partial charge in [-0.05, 0) is 25.2 Å². The molecule has 1 atom stereocenters. The number of carbonyl (C=O) groups excluding carboxylic acids is 2. The second kappa shape index (κ2) is 7.07. The van der Waals surface area contributed by atoms with Gasteiger partial charge in [0.05, 0.1) is 18.6 Å². The summed E-state index contributed by atoms with van der Waals surface area (Å²) < 4.78 is 4.76. The third-order valence-corrected chi connectivity index (χ3v) is 4.63. The number of rotatable bonds is 7. The highest BCUT2D eigenvalue weighted by Crippen LogP contribution is 2.42. The first-order valence-corrected chi connectivity index (χ1v) is 7.50. The number of ether oxygens (including phenoxy) is 1. The van der Waals surface area contributed by atoms with Gasteiger partial charge in [-0.3, -0.25) is 9.59 Å². The fourth-order valence-electron chi connectivity index (χ4n) is 3.21. The number of hydrogen-bond acceptors (Lipinski definition) is 4. The van der Waals surface area contributed by atoms with Crippen molar-refractivity contribution in [3.05, 3.63) is 0 Å². The van der Waals surface area contributed by atoms with Gasteiger partial charge in [0.2, 0.25) is 5.91 Å². The van der Waals surface area contributed by atoms with Crippen LogP contribution in [0.3, 0.4) is 0 Å². The number of nitrogens with two attached hydrogens (primary N) is 1. The van der Waals surface area contributed by atoms with E-state index in [0.29, 0.717) is 18.8 Å². The molecule has 1 saturated carbocycles. The lowest BCUT2D eigenvalue weighted by molar-refractivity contribution is -0.153. The fraction of sp³-hybridized carbons (Fsp3) is 0.867. The Morgan fingerprint density at radius 3 is 2.30 bits per heavy atom. The van der Waals surface area contributed by atoms with E-state index in [1.807, 2.05) is 0 Å². The SMILES string of the molecule is CCC(CC)CC(N)C1(NC(C)=O)CC(C(=O)OC)C1. The maximum absolute atomic E-state index is 11.5. The first kappa shape index (κ1) is 17.0. The number of amides is 1. The maximum Gasteiger partial charge on any atom is 0.308 e. The van der Waals surface area contributed by atoms with Crippen molar-refractivity contribution < 1.29 is 14.3 Å². The van der Waals surface area contributed by atoms with Crippen LogP contribution in [0.4, 0.5) is 0 Å². The standard InChI is InChI=1S/C15H28N2O3/c1-5-11(6-2)7-13(16)15(17-10(3)18)8-12(9-15)14(19)20-4/h11-13H,5-9,16H2,1-4H3,(H,17,18). The van der Waals surface area contributed by atoms with Crippen LogP contribution < -0.4 is 11.1 Å². The molecular weight excluding hydrogens is 256 g/mol. The molecule has 5 nitrogen and oxygen atoms in total. The Morgan fingerprint density at radius 1 is 1.35 bits per heavy atom. The van der Waals surface area contributed by atoms with Crippen LogP contribution in [-0.4, -0.2) is 30.6 Å². The van der Waals surface area contributed by atoms with Gasteiger partial charge in [0.15, 0.2) is 0 Å². The zero-order valence-electron chi connectivity index (χ0n) is 13.1. The van der Waals surface area contributed by atoms with Gasteiger partial charge >= 0.3 is 5.97 Å². The number of esters is 1. The minimum Gasteiger partial charge on any atom is -0.469 e. The van der Waals surface area contributed by atoms with Gasteiger partial charge in [-0.1, -0.05) is 26.7 Å². The van der Waals surface area contributed by atoms with E-state index in [4.69, 9.17) is 10.5 Å². The van der Waals surface area contributed by atoms with Crippen LogP contribution in [0.2, 0.25) is 0 Å². The Bertz CT molecular complexity index is 347. The monoisotopic (exact) mass is 284 g/mol. The molecule has 1 amide bonds. The van der Waals surface area contributed by atoms with E-state index in [1.165, 1.54) is 14.0 Å². The van der Waals surface area contributed by atoms with Gasteiger partial charge in [0, 0.05) is 13.0 Å². The van der Waals surface area contributed by atoms with Crippen LogP contribution in [0.5, 0.6) is 0 Å². The summed E-state index contributed by atoms with van der Waals surface area (Å²) in [5, 5.41) is 2.98. The molecule has 0 aromatic rings. The molecule has 1 aliphatic carbocycles. The van der Waals surface area contributed by atoms with Crippen LogP contribution in [0.25, 0.3) is 0 Å². The highest BCUT2D eigenvalue weighted by Gasteiger charge is 2.52. The predicted molar refractivity (Wildman–Crippen MR) is 78.0 cm³/mol. The lowest BCUT2D eigenvalue weighted by Crippen LogP contribution is -2.67. The van der Waals surface area contributed by atoms with Crippen molar-refractivity contribution in [3.63, 3.8) is 0 Å². The van der Waals surface area contributed by atoms with Gasteiger partial charge in [0.25, 0.3) is 0 Å². The van der Waals surface area contributed by atoms with E-state index in [1.54, 1.807) is 0 Å². The molecule has 1 unspecified atom stereocenters. The summed E-state index contributed by atoms with van der Waals surface area (Å²) in [6.45, 7) is 5.81. The zero-order valence-corrected chi connectivity index (χ0v) is 13.1. The molecule has 0 aromatic carbocycles. The number of hydrogen-bond donors (Lipinski definition) is 2. The van der Waals surface area contributed by atoms with Crippen molar-refractivity contribution >= 4 is 11.9 Å². The second-order valence-electron chi connectivity index (χ2n) is 5.99. The molecular formula is C15H28N2O3. The van der Waals surface area contributed by atoms with Crippen LogP contribution in [0.1, 0.15) is 52.9 Å². The topological polar surface area (TPSA) is 81.4 Å². The lowest BCUT2D eigenvalue weighted by atomic mass is 9.62. The number of methoxy groups -OCH3 is 1. The molecule has 0 aromatic heterocycles. The van der Waals surface area contributed by atoms with Crippen molar-refractivity contribution in [2.75, 3.05) is 7.11 Å². The first-order valence-electron chi connectivity index (χ1n) is 7.50. The molecule has 1 rings (SSSR count). The summed E-state index contributed by atoms with van der Waals surface area (Å²) in [7, 11) is 1.39. The maximum atomic E-state index is 11.5. The average Bonchev–Trinajstić information content (AvgIpc) is 2.37. The molecule has 116 valence electrons. The summed E-state index contributed by atoms with van der Waals surface area (Å²) >= 11 is 0. The Kier molecular flexibility index (Phi) is 5.99. The molecule has 0 saturated heterocycles. The number of nitrogens with one attached hydrogen (secondary N) is 1. The predicted octanol–water partition coefficient (Wildman–Crippen LogP) is 1.60. The number of carbonyl (C=O) groups is 2. The molecule has 3 N–H and O–H groups in total. The molecule has 0 bridgehead atoms. The second-order valence-corrected chi connectivity index (χ2v) is 5.99. The molecule has 0 heterocycles. The van der Waals surface area contributed by atoms with Gasteiger partial charge in [0.1, 0.15) is 0 Å². The summed E-state index contributed by atoms with van der Waals surface area (Å²) in [5.41, 5.74) is 5.91. The highest BCUT2D eigenvalue weighted by atomic mass is 16.5. The van der Waals surface area contributed by atoms with Gasteiger partial charge in [-0.2, -0.15) is 0 Å². The largest absolute Gasteiger partial charge is 0.469 e. The van der Waals surface area contributed by atoms with Gasteiger partial charge in [-0.25, -0.2) is 0 Å². The Balaban J connectivity index is 2.71. The molecule has 0 aliphatic heterocycles. The summed E-state index contributed by atoms with van der Waals surface area (Å²) in [4.78, 5) is 23.0. The Hall–Kier alpha value is -1.10. The Labute approximate surface area is 121 Å². The fourth-order valence-corrected chi connectivity index (χ4v) is 3.21. The Morgan fingerprint density at radius 2 is 1.90 bits per heavy atom. The third kappa shape index (κ3) is 3.72. The first-order chi connectivity index (χ1) is 9.38. The van der Waals surface area contributed by atoms with Crippen molar-refractivity contribution in [2.24, 2.45) is 17.6 Å². The van der Waals surface area contributed by atoms with Crippen LogP contribution in [0, 0.1) is 11.8 Å². The minimum absolute atomic E-state index is 0.0895. The van der Waals surface area contributed by atoms with Crippen LogP contribution in [-0.2, 0) is 14.3 Å². The summed E-state index contributed by atoms with van der Waals surface area (Å²) in [6, 6.07) is -0.114. The molecule has 1 fully saturated rings. The lowest BCUT2D eigenvalue weighted by Gasteiger charge is -2.51. The zero-order chi connectivity index (χ0) is 15.3.